The number of aliphatic hydroxyl groups is 1. The maximum Gasteiger partial charge on any atom is 0.337 e. The molecule has 1 aromatic carbocycles. The van der Waals surface area contributed by atoms with Crippen LogP contribution in [0, 0.1) is 0 Å². The van der Waals surface area contributed by atoms with Crippen LogP contribution in [0.25, 0.3) is 0 Å². The van der Waals surface area contributed by atoms with Gasteiger partial charge < -0.3 is 14.9 Å². The Labute approximate surface area is 89.3 Å². The molecule has 0 fully saturated rings. The van der Waals surface area contributed by atoms with Gasteiger partial charge in [-0.15, -0.1) is 0 Å². The lowest BCUT2D eigenvalue weighted by molar-refractivity contribution is -0.146. The van der Waals surface area contributed by atoms with Gasteiger partial charge in [0.25, 0.3) is 0 Å². The van der Waals surface area contributed by atoms with Crippen molar-refractivity contribution in [1.29, 1.82) is 0 Å². The predicted octanol–water partition coefficient (Wildman–Crippen LogP) is 1.58. The second kappa shape index (κ2) is 4.43. The van der Waals surface area contributed by atoms with E-state index >= 15 is 0 Å². The first-order chi connectivity index (χ1) is 6.56. The van der Waals surface area contributed by atoms with Crippen LogP contribution in [0.1, 0.15) is 11.7 Å². The Morgan fingerprint density at radius 1 is 1.57 bits per heavy atom. The molecule has 1 atom stereocenters. The first kappa shape index (κ1) is 11.0. The van der Waals surface area contributed by atoms with E-state index in [1.54, 1.807) is 6.07 Å². The average Bonchev–Trinajstić information content (AvgIpc) is 2.16. The summed E-state index contributed by atoms with van der Waals surface area (Å²) in [4.78, 5) is 10.5. The van der Waals surface area contributed by atoms with Crippen molar-refractivity contribution in [2.24, 2.45) is 0 Å². The van der Waals surface area contributed by atoms with Crippen LogP contribution in [0.15, 0.2) is 22.7 Å². The zero-order valence-corrected chi connectivity index (χ0v) is 8.98. The van der Waals surface area contributed by atoms with Crippen molar-refractivity contribution in [3.63, 3.8) is 0 Å². The molecule has 0 heterocycles. The number of carboxylic acids is 1. The molecule has 2 N–H and O–H groups in total. The van der Waals surface area contributed by atoms with Gasteiger partial charge in [0, 0.05) is 0 Å². The Balaban J connectivity index is 3.02. The molecule has 0 aliphatic carbocycles. The van der Waals surface area contributed by atoms with Gasteiger partial charge in [0.15, 0.2) is 6.10 Å². The van der Waals surface area contributed by atoms with E-state index in [4.69, 9.17) is 9.84 Å². The minimum Gasteiger partial charge on any atom is -0.496 e. The molecular weight excluding hydrogens is 252 g/mol. The fourth-order valence-electron chi connectivity index (χ4n) is 0.995. The quantitative estimate of drug-likeness (QED) is 0.866. The lowest BCUT2D eigenvalue weighted by atomic mass is 10.1. The molecule has 0 amide bonds. The number of hydrogen-bond acceptors (Lipinski definition) is 3. The van der Waals surface area contributed by atoms with Gasteiger partial charge in [-0.05, 0) is 33.6 Å². The highest BCUT2D eigenvalue weighted by Crippen LogP contribution is 2.27. The van der Waals surface area contributed by atoms with Gasteiger partial charge in [0.05, 0.1) is 11.6 Å². The van der Waals surface area contributed by atoms with Crippen LogP contribution in [-0.2, 0) is 4.79 Å². The summed E-state index contributed by atoms with van der Waals surface area (Å²) in [5.41, 5.74) is 0.310. The number of aliphatic hydroxyl groups excluding tert-OH is 1. The topological polar surface area (TPSA) is 66.8 Å². The summed E-state index contributed by atoms with van der Waals surface area (Å²) in [5.74, 6) is -0.687. The SMILES string of the molecule is COc1ccc(C(O)C(=O)O)cc1Br. The molecule has 0 aliphatic heterocycles. The van der Waals surface area contributed by atoms with Gasteiger partial charge in [0.2, 0.25) is 0 Å². The predicted molar refractivity (Wildman–Crippen MR) is 53.3 cm³/mol. The Morgan fingerprint density at radius 2 is 2.21 bits per heavy atom. The fraction of sp³-hybridized carbons (Fsp3) is 0.222. The number of benzene rings is 1. The Kier molecular flexibility index (Phi) is 3.49. The Morgan fingerprint density at radius 3 is 2.64 bits per heavy atom. The minimum absolute atomic E-state index is 0.310. The van der Waals surface area contributed by atoms with Gasteiger partial charge in [-0.1, -0.05) is 6.07 Å². The molecule has 0 bridgehead atoms. The van der Waals surface area contributed by atoms with Gasteiger partial charge in [-0.3, -0.25) is 0 Å². The van der Waals surface area contributed by atoms with E-state index in [1.165, 1.54) is 19.2 Å². The van der Waals surface area contributed by atoms with Crippen molar-refractivity contribution < 1.29 is 19.7 Å². The van der Waals surface area contributed by atoms with Crippen LogP contribution in [0.3, 0.4) is 0 Å². The normalized spacial score (nSPS) is 12.2. The summed E-state index contributed by atoms with van der Waals surface area (Å²) in [7, 11) is 1.51. The molecule has 5 heteroatoms. The average molecular weight is 261 g/mol. The number of methoxy groups -OCH3 is 1. The van der Waals surface area contributed by atoms with E-state index in [9.17, 15) is 9.90 Å². The molecule has 1 aromatic rings. The first-order valence-corrected chi connectivity index (χ1v) is 4.60. The van der Waals surface area contributed by atoms with Crippen LogP contribution in [0.2, 0.25) is 0 Å². The van der Waals surface area contributed by atoms with Crippen LogP contribution in [0.4, 0.5) is 0 Å². The van der Waals surface area contributed by atoms with E-state index in [-0.39, 0.29) is 0 Å². The summed E-state index contributed by atoms with van der Waals surface area (Å²) in [6.07, 6.45) is -1.50. The maximum atomic E-state index is 10.5. The molecule has 4 nitrogen and oxygen atoms in total. The number of hydrogen-bond donors (Lipinski definition) is 2. The molecule has 14 heavy (non-hydrogen) atoms. The number of aliphatic carboxylic acids is 1. The lowest BCUT2D eigenvalue weighted by Crippen LogP contribution is -2.10. The van der Waals surface area contributed by atoms with E-state index in [0.29, 0.717) is 15.8 Å². The smallest absolute Gasteiger partial charge is 0.337 e. The zero-order chi connectivity index (χ0) is 10.7. The van der Waals surface area contributed by atoms with Gasteiger partial charge in [-0.2, -0.15) is 0 Å². The standard InChI is InChI=1S/C9H9BrO4/c1-14-7-3-2-5(4-6(7)10)8(11)9(12)13/h2-4,8,11H,1H3,(H,12,13). The summed E-state index contributed by atoms with van der Waals surface area (Å²) in [6.45, 7) is 0. The second-order valence-electron chi connectivity index (χ2n) is 2.63. The maximum absolute atomic E-state index is 10.5. The third kappa shape index (κ3) is 2.24. The van der Waals surface area contributed by atoms with E-state index in [0.717, 1.165) is 0 Å². The van der Waals surface area contributed by atoms with Gasteiger partial charge in [-0.25, -0.2) is 4.79 Å². The molecule has 0 radical (unpaired) electrons. The summed E-state index contributed by atoms with van der Waals surface area (Å²) < 4.78 is 5.57. The molecule has 0 saturated heterocycles. The highest BCUT2D eigenvalue weighted by Gasteiger charge is 2.16. The third-order valence-corrected chi connectivity index (χ3v) is 2.35. The van der Waals surface area contributed by atoms with E-state index in [1.807, 2.05) is 0 Å². The van der Waals surface area contributed by atoms with Gasteiger partial charge in [0.1, 0.15) is 5.75 Å². The van der Waals surface area contributed by atoms with Crippen molar-refractivity contribution in [1.82, 2.24) is 0 Å². The van der Waals surface area contributed by atoms with Crippen molar-refractivity contribution >= 4 is 21.9 Å². The molecular formula is C9H9BrO4. The minimum atomic E-state index is -1.50. The molecule has 76 valence electrons. The van der Waals surface area contributed by atoms with Crippen LogP contribution < -0.4 is 4.74 Å². The third-order valence-electron chi connectivity index (χ3n) is 1.73. The first-order valence-electron chi connectivity index (χ1n) is 3.80. The Bertz CT molecular complexity index is 351. The highest BCUT2D eigenvalue weighted by atomic mass is 79.9. The van der Waals surface area contributed by atoms with Crippen LogP contribution in [0.5, 0.6) is 5.75 Å². The van der Waals surface area contributed by atoms with Crippen LogP contribution >= 0.6 is 15.9 Å². The highest BCUT2D eigenvalue weighted by molar-refractivity contribution is 9.10. The van der Waals surface area contributed by atoms with E-state index in [2.05, 4.69) is 15.9 Å². The molecule has 0 saturated carbocycles. The fourth-order valence-corrected chi connectivity index (χ4v) is 1.55. The number of carboxylic acid groups (broad SMARTS) is 1. The number of halogens is 1. The number of rotatable bonds is 3. The summed E-state index contributed by atoms with van der Waals surface area (Å²) in [5, 5.41) is 17.8. The van der Waals surface area contributed by atoms with Gasteiger partial charge >= 0.3 is 5.97 Å². The lowest BCUT2D eigenvalue weighted by Gasteiger charge is -2.08. The molecule has 0 aromatic heterocycles. The van der Waals surface area contributed by atoms with Crippen molar-refractivity contribution in [3.8, 4) is 5.75 Å². The monoisotopic (exact) mass is 260 g/mol. The second-order valence-corrected chi connectivity index (χ2v) is 3.49. The molecule has 0 spiro atoms. The summed E-state index contributed by atoms with van der Waals surface area (Å²) in [6, 6.07) is 4.60. The molecule has 1 unspecified atom stereocenters. The Hall–Kier alpha value is -1.07. The largest absolute Gasteiger partial charge is 0.496 e. The van der Waals surface area contributed by atoms with E-state index < -0.39 is 12.1 Å². The van der Waals surface area contributed by atoms with Crippen molar-refractivity contribution in [2.75, 3.05) is 7.11 Å². The molecule has 1 rings (SSSR count). The van der Waals surface area contributed by atoms with Crippen molar-refractivity contribution in [3.05, 3.63) is 28.2 Å². The zero-order valence-electron chi connectivity index (χ0n) is 7.40. The van der Waals surface area contributed by atoms with Crippen LogP contribution in [-0.4, -0.2) is 23.3 Å². The number of carbonyl (C=O) groups is 1. The summed E-state index contributed by atoms with van der Waals surface area (Å²) >= 11 is 3.20. The molecule has 0 aliphatic rings. The number of ether oxygens (including phenoxy) is 1. The van der Waals surface area contributed by atoms with Crippen molar-refractivity contribution in [2.45, 2.75) is 6.10 Å².